The summed E-state index contributed by atoms with van der Waals surface area (Å²) in [6, 6.07) is 5.26. The number of hydrogen-bond donors (Lipinski definition) is 1. The van der Waals surface area contributed by atoms with E-state index in [1.165, 1.54) is 6.07 Å². The quantitative estimate of drug-likeness (QED) is 0.827. The highest BCUT2D eigenvalue weighted by molar-refractivity contribution is 7.80. The topological polar surface area (TPSA) is 21.3 Å². The number of halogens is 3. The van der Waals surface area contributed by atoms with Gasteiger partial charge in [0, 0.05) is 6.42 Å². The van der Waals surface area contributed by atoms with Crippen LogP contribution in [0.25, 0.3) is 0 Å². The number of nitrogens with one attached hydrogen (secondary N) is 1. The van der Waals surface area contributed by atoms with Crippen LogP contribution >= 0.6 is 12.2 Å². The lowest BCUT2D eigenvalue weighted by Gasteiger charge is -2.11. The van der Waals surface area contributed by atoms with Crippen LogP contribution in [-0.4, -0.2) is 17.8 Å². The first-order valence-electron chi connectivity index (χ1n) is 5.06. The van der Waals surface area contributed by atoms with E-state index in [1.54, 1.807) is 6.07 Å². The Morgan fingerprint density at radius 2 is 2.18 bits per heavy atom. The van der Waals surface area contributed by atoms with Crippen molar-refractivity contribution in [3.05, 3.63) is 35.4 Å². The highest BCUT2D eigenvalue weighted by atomic mass is 32.1. The molecule has 1 aromatic carbocycles. The van der Waals surface area contributed by atoms with Crippen molar-refractivity contribution in [3.63, 3.8) is 0 Å². The monoisotopic (exact) mass is 261 g/mol. The predicted molar refractivity (Wildman–Crippen MR) is 60.6 cm³/mol. The Balaban J connectivity index is 2.09. The molecule has 1 atom stereocenters. The van der Waals surface area contributed by atoms with Crippen LogP contribution in [-0.2, 0) is 17.3 Å². The summed E-state index contributed by atoms with van der Waals surface area (Å²) in [4.78, 5) is 0. The number of ether oxygens (including phenoxy) is 1. The molecule has 0 amide bonds. The van der Waals surface area contributed by atoms with Gasteiger partial charge in [0.1, 0.15) is 6.10 Å². The van der Waals surface area contributed by atoms with Gasteiger partial charge >= 0.3 is 6.18 Å². The molecule has 0 spiro atoms. The molecule has 0 bridgehead atoms. The molecule has 0 radical (unpaired) electrons. The first-order chi connectivity index (χ1) is 7.95. The molecule has 1 N–H and O–H groups in total. The summed E-state index contributed by atoms with van der Waals surface area (Å²) in [5.41, 5.74) is -0.0418. The van der Waals surface area contributed by atoms with Gasteiger partial charge in [-0.1, -0.05) is 18.2 Å². The van der Waals surface area contributed by atoms with Gasteiger partial charge in [-0.05, 0) is 23.8 Å². The molecule has 17 heavy (non-hydrogen) atoms. The third-order valence-electron chi connectivity index (χ3n) is 2.47. The van der Waals surface area contributed by atoms with Gasteiger partial charge in [-0.25, -0.2) is 0 Å². The van der Waals surface area contributed by atoms with E-state index >= 15 is 0 Å². The normalized spacial score (nSPS) is 19.9. The molecular formula is C11H10F3NOS. The van der Waals surface area contributed by atoms with Crippen LogP contribution in [0.3, 0.4) is 0 Å². The maximum atomic E-state index is 12.5. The molecule has 0 saturated carbocycles. The van der Waals surface area contributed by atoms with E-state index in [4.69, 9.17) is 17.0 Å². The molecule has 1 saturated heterocycles. The molecular weight excluding hydrogens is 251 g/mol. The second kappa shape index (κ2) is 4.52. The second-order valence-electron chi connectivity index (χ2n) is 3.81. The van der Waals surface area contributed by atoms with E-state index in [-0.39, 0.29) is 6.10 Å². The Hall–Kier alpha value is -1.30. The van der Waals surface area contributed by atoms with Crippen LogP contribution in [0.5, 0.6) is 0 Å². The first-order valence-corrected chi connectivity index (χ1v) is 5.46. The summed E-state index contributed by atoms with van der Waals surface area (Å²) in [5, 5.41) is 3.13. The van der Waals surface area contributed by atoms with E-state index in [2.05, 4.69) is 5.32 Å². The molecule has 1 heterocycles. The molecule has 6 heteroatoms. The minimum Gasteiger partial charge on any atom is -0.466 e. The summed E-state index contributed by atoms with van der Waals surface area (Å²) in [6.07, 6.45) is -4.08. The van der Waals surface area contributed by atoms with E-state index < -0.39 is 11.7 Å². The number of thiocarbonyl (C=S) groups is 1. The predicted octanol–water partition coefficient (Wildman–Crippen LogP) is 2.52. The zero-order valence-electron chi connectivity index (χ0n) is 8.75. The van der Waals surface area contributed by atoms with Crippen molar-refractivity contribution in [1.29, 1.82) is 0 Å². The third kappa shape index (κ3) is 3.09. The Morgan fingerprint density at radius 3 is 2.76 bits per heavy atom. The Labute approximate surface area is 102 Å². The number of rotatable bonds is 2. The third-order valence-corrected chi connectivity index (χ3v) is 2.71. The Bertz CT molecular complexity index is 433. The lowest BCUT2D eigenvalue weighted by Crippen LogP contribution is -2.17. The van der Waals surface area contributed by atoms with Gasteiger partial charge in [-0.2, -0.15) is 13.2 Å². The molecule has 0 aliphatic carbocycles. The lowest BCUT2D eigenvalue weighted by atomic mass is 10.0. The Kier molecular flexibility index (Phi) is 3.24. The van der Waals surface area contributed by atoms with Gasteiger partial charge in [0.15, 0.2) is 0 Å². The molecule has 92 valence electrons. The number of hydrogen-bond acceptors (Lipinski definition) is 2. The fourth-order valence-electron chi connectivity index (χ4n) is 1.68. The van der Waals surface area contributed by atoms with Gasteiger partial charge in [0.25, 0.3) is 5.17 Å². The van der Waals surface area contributed by atoms with E-state index in [0.29, 0.717) is 23.7 Å². The fourth-order valence-corrected chi connectivity index (χ4v) is 1.90. The highest BCUT2D eigenvalue weighted by Crippen LogP contribution is 2.29. The van der Waals surface area contributed by atoms with Gasteiger partial charge in [-0.15, -0.1) is 0 Å². The molecule has 1 aliphatic rings. The summed E-state index contributed by atoms with van der Waals surface area (Å²) in [6.45, 7) is 0.537. The zero-order chi connectivity index (χ0) is 12.5. The summed E-state index contributed by atoms with van der Waals surface area (Å²) >= 11 is 4.78. The van der Waals surface area contributed by atoms with E-state index in [1.807, 2.05) is 0 Å². The first kappa shape index (κ1) is 12.2. The van der Waals surface area contributed by atoms with Gasteiger partial charge in [-0.3, -0.25) is 0 Å². The minimum absolute atomic E-state index is 0.189. The highest BCUT2D eigenvalue weighted by Gasteiger charge is 2.30. The largest absolute Gasteiger partial charge is 0.466 e. The molecule has 1 fully saturated rings. The van der Waals surface area contributed by atoms with Gasteiger partial charge in [0.2, 0.25) is 0 Å². The maximum absolute atomic E-state index is 12.5. The number of benzene rings is 1. The summed E-state index contributed by atoms with van der Waals surface area (Å²) < 4.78 is 42.7. The zero-order valence-corrected chi connectivity index (χ0v) is 9.57. The van der Waals surface area contributed by atoms with Crippen molar-refractivity contribution in [2.24, 2.45) is 0 Å². The van der Waals surface area contributed by atoms with E-state index in [9.17, 15) is 13.2 Å². The van der Waals surface area contributed by atoms with Gasteiger partial charge < -0.3 is 10.1 Å². The van der Waals surface area contributed by atoms with Crippen molar-refractivity contribution in [2.45, 2.75) is 18.7 Å². The smallest absolute Gasteiger partial charge is 0.416 e. The molecule has 1 aromatic rings. The Morgan fingerprint density at radius 1 is 1.41 bits per heavy atom. The summed E-state index contributed by atoms with van der Waals surface area (Å²) in [5.74, 6) is 0. The molecule has 2 rings (SSSR count). The lowest BCUT2D eigenvalue weighted by molar-refractivity contribution is -0.137. The van der Waals surface area contributed by atoms with Gasteiger partial charge in [0.05, 0.1) is 12.1 Å². The molecule has 1 aliphatic heterocycles. The maximum Gasteiger partial charge on any atom is 0.416 e. The van der Waals surface area contributed by atoms with Crippen LogP contribution < -0.4 is 5.32 Å². The van der Waals surface area contributed by atoms with Crippen molar-refractivity contribution in [2.75, 3.05) is 6.54 Å². The van der Waals surface area contributed by atoms with Crippen LogP contribution in [0.15, 0.2) is 24.3 Å². The molecule has 0 aromatic heterocycles. The average Bonchev–Trinajstić information content (AvgIpc) is 2.63. The van der Waals surface area contributed by atoms with Crippen molar-refractivity contribution < 1.29 is 17.9 Å². The fraction of sp³-hybridized carbons (Fsp3) is 0.364. The minimum atomic E-state index is -4.31. The average molecular weight is 261 g/mol. The molecule has 1 unspecified atom stereocenters. The van der Waals surface area contributed by atoms with Crippen molar-refractivity contribution in [3.8, 4) is 0 Å². The second-order valence-corrected chi connectivity index (χ2v) is 4.18. The van der Waals surface area contributed by atoms with Crippen LogP contribution in [0.2, 0.25) is 0 Å². The van der Waals surface area contributed by atoms with Crippen molar-refractivity contribution in [1.82, 2.24) is 5.32 Å². The van der Waals surface area contributed by atoms with E-state index in [0.717, 1.165) is 12.1 Å². The summed E-state index contributed by atoms with van der Waals surface area (Å²) in [7, 11) is 0. The van der Waals surface area contributed by atoms with Crippen molar-refractivity contribution >= 4 is 17.4 Å². The van der Waals surface area contributed by atoms with Crippen LogP contribution in [0, 0.1) is 0 Å². The van der Waals surface area contributed by atoms with Crippen LogP contribution in [0.1, 0.15) is 11.1 Å². The standard InChI is InChI=1S/C11H10F3NOS/c12-11(13,14)8-3-1-2-7(4-8)5-9-6-15-10(17)16-9/h1-4,9H,5-6H2,(H,15,17). The SMILES string of the molecule is FC(F)(F)c1cccc(CC2CNC(=S)O2)c1. The number of alkyl halides is 3. The van der Waals surface area contributed by atoms with Crippen LogP contribution in [0.4, 0.5) is 13.2 Å². The molecule has 2 nitrogen and oxygen atoms in total.